The van der Waals surface area contributed by atoms with Gasteiger partial charge in [-0.15, -0.1) is 24.8 Å². The van der Waals surface area contributed by atoms with Crippen LogP contribution in [0.2, 0.25) is 0 Å². The first kappa shape index (κ1) is 24.1. The molecule has 0 radical (unpaired) electrons. The second kappa shape index (κ2) is 11.8. The van der Waals surface area contributed by atoms with E-state index in [0.29, 0.717) is 24.8 Å². The summed E-state index contributed by atoms with van der Waals surface area (Å²) >= 11 is 0. The zero-order valence-corrected chi connectivity index (χ0v) is 17.7. The van der Waals surface area contributed by atoms with Crippen molar-refractivity contribution in [2.24, 2.45) is 5.92 Å². The lowest BCUT2D eigenvalue weighted by atomic mass is 10.3. The predicted molar refractivity (Wildman–Crippen MR) is 106 cm³/mol. The van der Waals surface area contributed by atoms with E-state index in [0.717, 1.165) is 45.1 Å². The minimum Gasteiger partial charge on any atom is -0.374 e. The van der Waals surface area contributed by atoms with Gasteiger partial charge < -0.3 is 19.5 Å². The molecule has 1 aliphatic heterocycles. The van der Waals surface area contributed by atoms with Gasteiger partial charge in [0, 0.05) is 33.3 Å². The van der Waals surface area contributed by atoms with Crippen LogP contribution >= 0.6 is 24.8 Å². The van der Waals surface area contributed by atoms with Gasteiger partial charge in [0.1, 0.15) is 6.10 Å². The molecule has 1 amide bonds. The second-order valence-electron chi connectivity index (χ2n) is 7.01. The summed E-state index contributed by atoms with van der Waals surface area (Å²) in [6.45, 7) is 7.26. The molecular formula is C17H31Cl2N5O3. The zero-order valence-electron chi connectivity index (χ0n) is 16.1. The van der Waals surface area contributed by atoms with Crippen molar-refractivity contribution in [1.29, 1.82) is 0 Å². The maximum atomic E-state index is 12.3. The Balaban J connectivity index is 0.00000182. The van der Waals surface area contributed by atoms with Crippen molar-refractivity contribution < 1.29 is 14.1 Å². The second-order valence-corrected chi connectivity index (χ2v) is 7.01. The number of methoxy groups -OCH3 is 1. The van der Waals surface area contributed by atoms with E-state index in [1.54, 1.807) is 7.11 Å². The molecule has 0 spiro atoms. The molecule has 1 N–H and O–H groups in total. The number of aromatic nitrogens is 2. The number of amides is 1. The van der Waals surface area contributed by atoms with Crippen molar-refractivity contribution >= 4 is 30.7 Å². The molecular weight excluding hydrogens is 393 g/mol. The highest BCUT2D eigenvalue weighted by Crippen LogP contribution is 2.27. The van der Waals surface area contributed by atoms with Crippen molar-refractivity contribution in [2.45, 2.75) is 38.8 Å². The van der Waals surface area contributed by atoms with Crippen LogP contribution in [0.3, 0.4) is 0 Å². The smallest absolute Gasteiger partial charge is 0.240 e. The summed E-state index contributed by atoms with van der Waals surface area (Å²) in [6.07, 6.45) is 3.41. The predicted octanol–water partition coefficient (Wildman–Crippen LogP) is 1.65. The Kier molecular flexibility index (Phi) is 10.5. The largest absolute Gasteiger partial charge is 0.374 e. The van der Waals surface area contributed by atoms with Gasteiger partial charge in [-0.25, -0.2) is 0 Å². The normalized spacial score (nSPS) is 19.0. The number of hydrogen-bond donors (Lipinski definition) is 1. The molecule has 1 aliphatic carbocycles. The molecule has 1 saturated carbocycles. The van der Waals surface area contributed by atoms with Gasteiger partial charge >= 0.3 is 0 Å². The van der Waals surface area contributed by atoms with E-state index in [1.807, 2.05) is 11.8 Å². The fraction of sp³-hybridized carbons (Fsp3) is 0.824. The van der Waals surface area contributed by atoms with Gasteiger partial charge in [0.25, 0.3) is 0 Å². The monoisotopic (exact) mass is 423 g/mol. The molecule has 0 bridgehead atoms. The summed E-state index contributed by atoms with van der Waals surface area (Å²) in [5, 5.41) is 7.25. The molecule has 1 atom stereocenters. The number of nitrogens with one attached hydrogen (secondary N) is 1. The lowest BCUT2D eigenvalue weighted by Crippen LogP contribution is -2.40. The quantitative estimate of drug-likeness (QED) is 0.680. The summed E-state index contributed by atoms with van der Waals surface area (Å²) in [7, 11) is 1.63. The van der Waals surface area contributed by atoms with Gasteiger partial charge in [-0.3, -0.25) is 9.69 Å². The van der Waals surface area contributed by atoms with E-state index in [9.17, 15) is 4.79 Å². The third-order valence-corrected chi connectivity index (χ3v) is 4.91. The number of ether oxygens (including phenoxy) is 1. The maximum Gasteiger partial charge on any atom is 0.240 e. The molecule has 0 aromatic carbocycles. The molecule has 10 heteroatoms. The number of rotatable bonds is 8. The average Bonchev–Trinajstić information content (AvgIpc) is 3.37. The third-order valence-electron chi connectivity index (χ3n) is 4.91. The topological polar surface area (TPSA) is 83.7 Å². The molecule has 8 nitrogen and oxygen atoms in total. The minimum absolute atomic E-state index is 0. The van der Waals surface area contributed by atoms with Crippen molar-refractivity contribution in [3.8, 4) is 0 Å². The lowest BCUT2D eigenvalue weighted by Gasteiger charge is -2.21. The molecule has 1 saturated heterocycles. The molecule has 1 aromatic rings. The first-order chi connectivity index (χ1) is 12.2. The van der Waals surface area contributed by atoms with Crippen molar-refractivity contribution in [1.82, 2.24) is 25.3 Å². The SMILES string of the molecule is COC(C)c1noc(CN2CCCN(C(=O)CNCC3CC3)CC2)n1.Cl.Cl. The van der Waals surface area contributed by atoms with Gasteiger partial charge in [-0.1, -0.05) is 5.16 Å². The Morgan fingerprint density at radius 3 is 2.78 bits per heavy atom. The van der Waals surface area contributed by atoms with Crippen LogP contribution < -0.4 is 5.32 Å². The third kappa shape index (κ3) is 7.54. The number of carbonyl (C=O) groups is 1. The van der Waals surface area contributed by atoms with Gasteiger partial charge in [0.2, 0.25) is 11.8 Å². The Bertz CT molecular complexity index is 571. The van der Waals surface area contributed by atoms with Crippen LogP contribution in [0.4, 0.5) is 0 Å². The summed E-state index contributed by atoms with van der Waals surface area (Å²) in [5.41, 5.74) is 0. The summed E-state index contributed by atoms with van der Waals surface area (Å²) in [4.78, 5) is 20.9. The molecule has 156 valence electrons. The van der Waals surface area contributed by atoms with E-state index in [4.69, 9.17) is 9.26 Å². The highest BCUT2D eigenvalue weighted by molar-refractivity contribution is 5.85. The van der Waals surface area contributed by atoms with Crippen LogP contribution in [0.5, 0.6) is 0 Å². The van der Waals surface area contributed by atoms with Crippen molar-refractivity contribution in [3.05, 3.63) is 11.7 Å². The fourth-order valence-corrected chi connectivity index (χ4v) is 2.99. The average molecular weight is 424 g/mol. The number of halogens is 2. The first-order valence-corrected chi connectivity index (χ1v) is 9.22. The molecule has 27 heavy (non-hydrogen) atoms. The molecule has 2 heterocycles. The molecule has 1 aromatic heterocycles. The van der Waals surface area contributed by atoms with Crippen molar-refractivity contribution in [3.63, 3.8) is 0 Å². The number of nitrogens with zero attached hydrogens (tertiary/aromatic N) is 4. The van der Waals surface area contributed by atoms with Crippen molar-refractivity contribution in [2.75, 3.05) is 46.4 Å². The maximum absolute atomic E-state index is 12.3. The zero-order chi connectivity index (χ0) is 17.6. The lowest BCUT2D eigenvalue weighted by molar-refractivity contribution is -0.130. The highest BCUT2D eigenvalue weighted by atomic mass is 35.5. The fourth-order valence-electron chi connectivity index (χ4n) is 2.99. The van der Waals surface area contributed by atoms with Crippen LogP contribution in [0.25, 0.3) is 0 Å². The highest BCUT2D eigenvalue weighted by Gasteiger charge is 2.23. The van der Waals surface area contributed by atoms with E-state index in [1.165, 1.54) is 12.8 Å². The van der Waals surface area contributed by atoms with Gasteiger partial charge in [0.05, 0.1) is 13.1 Å². The summed E-state index contributed by atoms with van der Waals surface area (Å²) in [6, 6.07) is 0. The van der Waals surface area contributed by atoms with E-state index in [-0.39, 0.29) is 36.8 Å². The van der Waals surface area contributed by atoms with E-state index in [2.05, 4.69) is 20.4 Å². The molecule has 2 aliphatic rings. The van der Waals surface area contributed by atoms with Crippen LogP contribution in [0.15, 0.2) is 4.52 Å². The Labute approximate surface area is 173 Å². The van der Waals surface area contributed by atoms with Gasteiger partial charge in [-0.05, 0) is 38.6 Å². The van der Waals surface area contributed by atoms with Crippen LogP contribution in [-0.4, -0.2) is 72.2 Å². The van der Waals surface area contributed by atoms with Gasteiger partial charge in [-0.2, -0.15) is 4.98 Å². The van der Waals surface area contributed by atoms with Crippen LogP contribution in [0, 0.1) is 5.92 Å². The Hall–Kier alpha value is -0.930. The summed E-state index contributed by atoms with van der Waals surface area (Å²) in [5.74, 6) is 2.18. The minimum atomic E-state index is -0.169. The Morgan fingerprint density at radius 1 is 1.30 bits per heavy atom. The summed E-state index contributed by atoms with van der Waals surface area (Å²) < 4.78 is 10.5. The Morgan fingerprint density at radius 2 is 2.07 bits per heavy atom. The van der Waals surface area contributed by atoms with Gasteiger partial charge in [0.15, 0.2) is 5.82 Å². The van der Waals surface area contributed by atoms with Crippen LogP contribution in [0.1, 0.15) is 44.0 Å². The molecule has 3 rings (SSSR count). The molecule has 1 unspecified atom stereocenters. The number of carbonyl (C=O) groups excluding carboxylic acids is 1. The number of hydrogen-bond acceptors (Lipinski definition) is 7. The standard InChI is InChI=1S/C17H29N5O3.2ClH/c1-13(24-2)17-19-15(25-20-17)12-21-6-3-7-22(9-8-21)16(23)11-18-10-14-4-5-14;;/h13-14,18H,3-12H2,1-2H3;2*1H. The molecule has 2 fully saturated rings. The van der Waals surface area contributed by atoms with E-state index >= 15 is 0 Å². The van der Waals surface area contributed by atoms with E-state index < -0.39 is 0 Å². The van der Waals surface area contributed by atoms with Crippen LogP contribution in [-0.2, 0) is 16.1 Å². The first-order valence-electron chi connectivity index (χ1n) is 9.22.